The van der Waals surface area contributed by atoms with Crippen LogP contribution in [0.4, 0.5) is 5.69 Å². The van der Waals surface area contributed by atoms with Gasteiger partial charge in [0.1, 0.15) is 0 Å². The van der Waals surface area contributed by atoms with Crippen molar-refractivity contribution >= 4 is 35.6 Å². The second-order valence-electron chi connectivity index (χ2n) is 8.21. The summed E-state index contributed by atoms with van der Waals surface area (Å²) >= 11 is 0. The molecule has 0 aliphatic carbocycles. The Morgan fingerprint density at radius 3 is 2.42 bits per heavy atom. The standard InChI is InChI=1S/C23H29N5O2.HI/c1-24-23(25-15-18-8-5-9-22(12-18)28(29)30)26-19-13-20-10-11-21(14-19)27(20)16-17-6-3-2-4-7-17;/h2-9,12,19-21H,10-11,13-16H2,1H3,(H2,24,25,26);1H. The van der Waals surface area contributed by atoms with Gasteiger partial charge in [0, 0.05) is 50.4 Å². The second-order valence-corrected chi connectivity index (χ2v) is 8.21. The number of nitrogens with zero attached hydrogens (tertiary/aromatic N) is 3. The number of nitro groups is 1. The highest BCUT2D eigenvalue weighted by Gasteiger charge is 2.40. The summed E-state index contributed by atoms with van der Waals surface area (Å²) in [6, 6.07) is 19.0. The number of hydrogen-bond acceptors (Lipinski definition) is 4. The van der Waals surface area contributed by atoms with E-state index in [1.54, 1.807) is 19.2 Å². The molecule has 0 radical (unpaired) electrons. The fourth-order valence-electron chi connectivity index (χ4n) is 4.80. The van der Waals surface area contributed by atoms with Gasteiger partial charge < -0.3 is 10.6 Å². The minimum Gasteiger partial charge on any atom is -0.354 e. The molecule has 2 heterocycles. The predicted molar refractivity (Wildman–Crippen MR) is 134 cm³/mol. The van der Waals surface area contributed by atoms with E-state index in [-0.39, 0.29) is 34.6 Å². The highest BCUT2D eigenvalue weighted by atomic mass is 127. The molecule has 8 heteroatoms. The molecule has 0 amide bonds. The Morgan fingerprint density at radius 2 is 1.77 bits per heavy atom. The minimum absolute atomic E-state index is 0. The third kappa shape index (κ3) is 5.94. The van der Waals surface area contributed by atoms with Crippen molar-refractivity contribution in [2.75, 3.05) is 7.05 Å². The summed E-state index contributed by atoms with van der Waals surface area (Å²) < 4.78 is 0. The molecule has 7 nitrogen and oxygen atoms in total. The number of nitro benzene ring substituents is 1. The predicted octanol–water partition coefficient (Wildman–Crippen LogP) is 4.07. The monoisotopic (exact) mass is 535 g/mol. The van der Waals surface area contributed by atoms with E-state index in [2.05, 4.69) is 50.9 Å². The smallest absolute Gasteiger partial charge is 0.269 e. The van der Waals surface area contributed by atoms with E-state index in [1.165, 1.54) is 24.5 Å². The number of hydrogen-bond donors (Lipinski definition) is 2. The van der Waals surface area contributed by atoms with E-state index in [1.807, 2.05) is 6.07 Å². The molecule has 2 aromatic rings. The SMILES string of the molecule is CN=C(NCc1cccc([N+](=O)[O-])c1)NC1CC2CCC(C1)N2Cc1ccccc1.I. The van der Waals surface area contributed by atoms with Crippen molar-refractivity contribution in [1.82, 2.24) is 15.5 Å². The number of non-ortho nitro benzene ring substituents is 1. The van der Waals surface area contributed by atoms with E-state index in [4.69, 9.17) is 0 Å². The average molecular weight is 535 g/mol. The first-order chi connectivity index (χ1) is 14.6. The maximum absolute atomic E-state index is 11.0. The first kappa shape index (κ1) is 23.5. The molecule has 0 spiro atoms. The number of aliphatic imine (C=N–C) groups is 1. The van der Waals surface area contributed by atoms with Gasteiger partial charge in [-0.3, -0.25) is 20.0 Å². The van der Waals surface area contributed by atoms with Crippen LogP contribution in [0.5, 0.6) is 0 Å². The number of benzene rings is 2. The Labute approximate surface area is 200 Å². The van der Waals surface area contributed by atoms with Crippen molar-refractivity contribution in [3.63, 3.8) is 0 Å². The van der Waals surface area contributed by atoms with Gasteiger partial charge in [0.15, 0.2) is 5.96 Å². The maximum atomic E-state index is 11.0. The van der Waals surface area contributed by atoms with Crippen molar-refractivity contribution in [3.8, 4) is 0 Å². The van der Waals surface area contributed by atoms with E-state index in [0.717, 1.165) is 30.9 Å². The van der Waals surface area contributed by atoms with Crippen LogP contribution in [0.2, 0.25) is 0 Å². The lowest BCUT2D eigenvalue weighted by molar-refractivity contribution is -0.384. The summed E-state index contributed by atoms with van der Waals surface area (Å²) in [5, 5.41) is 17.8. The molecule has 2 saturated heterocycles. The van der Waals surface area contributed by atoms with E-state index >= 15 is 0 Å². The van der Waals surface area contributed by atoms with Gasteiger partial charge >= 0.3 is 0 Å². The summed E-state index contributed by atoms with van der Waals surface area (Å²) in [6.07, 6.45) is 4.74. The molecular formula is C23H30IN5O2. The van der Waals surface area contributed by atoms with Crippen molar-refractivity contribution in [2.24, 2.45) is 4.99 Å². The molecule has 0 aromatic heterocycles. The van der Waals surface area contributed by atoms with E-state index in [9.17, 15) is 10.1 Å². The van der Waals surface area contributed by atoms with E-state index < -0.39 is 0 Å². The average Bonchev–Trinajstić information content (AvgIpc) is 2.99. The Morgan fingerprint density at radius 1 is 1.10 bits per heavy atom. The fourth-order valence-corrected chi connectivity index (χ4v) is 4.80. The number of halogens is 1. The molecule has 2 fully saturated rings. The molecular weight excluding hydrogens is 505 g/mol. The van der Waals surface area contributed by atoms with Gasteiger partial charge in [0.05, 0.1) is 4.92 Å². The topological polar surface area (TPSA) is 82.8 Å². The fraction of sp³-hybridized carbons (Fsp3) is 0.435. The van der Waals surface area contributed by atoms with Gasteiger partial charge in [-0.05, 0) is 36.8 Å². The van der Waals surface area contributed by atoms with Crippen LogP contribution in [0.15, 0.2) is 59.6 Å². The van der Waals surface area contributed by atoms with Crippen LogP contribution < -0.4 is 10.6 Å². The molecule has 166 valence electrons. The molecule has 0 saturated carbocycles. The Bertz CT molecular complexity index is 894. The summed E-state index contributed by atoms with van der Waals surface area (Å²) in [5.41, 5.74) is 2.36. The molecule has 2 aliphatic heterocycles. The van der Waals surface area contributed by atoms with Crippen LogP contribution in [0, 0.1) is 10.1 Å². The first-order valence-corrected chi connectivity index (χ1v) is 10.6. The van der Waals surface area contributed by atoms with Crippen molar-refractivity contribution in [3.05, 3.63) is 75.8 Å². The highest BCUT2D eigenvalue weighted by molar-refractivity contribution is 14.0. The summed E-state index contributed by atoms with van der Waals surface area (Å²) in [6.45, 7) is 1.53. The zero-order valence-corrected chi connectivity index (χ0v) is 20.1. The lowest BCUT2D eigenvalue weighted by Crippen LogP contribution is -2.52. The minimum atomic E-state index is -0.366. The lowest BCUT2D eigenvalue weighted by atomic mass is 9.96. The van der Waals surface area contributed by atoms with Gasteiger partial charge in [0.2, 0.25) is 0 Å². The number of fused-ring (bicyclic) bond motifs is 2. The van der Waals surface area contributed by atoms with Crippen LogP contribution in [-0.2, 0) is 13.1 Å². The van der Waals surface area contributed by atoms with E-state index in [0.29, 0.717) is 24.7 Å². The molecule has 2 N–H and O–H groups in total. The second kappa shape index (κ2) is 10.9. The van der Waals surface area contributed by atoms with Crippen LogP contribution in [-0.4, -0.2) is 41.0 Å². The van der Waals surface area contributed by atoms with Crippen molar-refractivity contribution in [2.45, 2.75) is 56.9 Å². The summed E-state index contributed by atoms with van der Waals surface area (Å²) in [4.78, 5) is 17.6. The van der Waals surface area contributed by atoms with Crippen LogP contribution in [0.3, 0.4) is 0 Å². The number of nitrogens with one attached hydrogen (secondary N) is 2. The van der Waals surface area contributed by atoms with Crippen LogP contribution in [0.1, 0.15) is 36.8 Å². The Balaban J connectivity index is 0.00000272. The zero-order chi connectivity index (χ0) is 20.9. The summed E-state index contributed by atoms with van der Waals surface area (Å²) in [5.74, 6) is 0.752. The lowest BCUT2D eigenvalue weighted by Gasteiger charge is -2.39. The quantitative estimate of drug-likeness (QED) is 0.192. The van der Waals surface area contributed by atoms with Crippen molar-refractivity contribution in [1.29, 1.82) is 0 Å². The molecule has 2 atom stereocenters. The largest absolute Gasteiger partial charge is 0.354 e. The third-order valence-corrected chi connectivity index (χ3v) is 6.24. The molecule has 2 aliphatic rings. The Kier molecular flexibility index (Phi) is 8.25. The number of piperidine rings is 1. The van der Waals surface area contributed by atoms with Crippen LogP contribution in [0.25, 0.3) is 0 Å². The zero-order valence-electron chi connectivity index (χ0n) is 17.7. The molecule has 2 unspecified atom stereocenters. The van der Waals surface area contributed by atoms with Gasteiger partial charge in [-0.15, -0.1) is 24.0 Å². The number of rotatable bonds is 6. The van der Waals surface area contributed by atoms with Gasteiger partial charge in [-0.25, -0.2) is 0 Å². The van der Waals surface area contributed by atoms with Crippen molar-refractivity contribution < 1.29 is 4.92 Å². The van der Waals surface area contributed by atoms with Gasteiger partial charge in [0.25, 0.3) is 5.69 Å². The maximum Gasteiger partial charge on any atom is 0.269 e. The van der Waals surface area contributed by atoms with Gasteiger partial charge in [-0.1, -0.05) is 42.5 Å². The highest BCUT2D eigenvalue weighted by Crippen LogP contribution is 2.36. The Hall–Kier alpha value is -2.20. The third-order valence-electron chi connectivity index (χ3n) is 6.24. The van der Waals surface area contributed by atoms with Gasteiger partial charge in [-0.2, -0.15) is 0 Å². The molecule has 2 bridgehead atoms. The molecule has 2 aromatic carbocycles. The van der Waals surface area contributed by atoms with Crippen LogP contribution >= 0.6 is 24.0 Å². The molecule has 4 rings (SSSR count). The first-order valence-electron chi connectivity index (χ1n) is 10.6. The summed E-state index contributed by atoms with van der Waals surface area (Å²) in [7, 11) is 1.77. The normalized spacial score (nSPS) is 23.1. The molecule has 31 heavy (non-hydrogen) atoms. The number of guanidine groups is 1.